The molecule has 9 heteroatoms. The van der Waals surface area contributed by atoms with E-state index in [4.69, 9.17) is 0 Å². The zero-order chi connectivity index (χ0) is 20.2. The molecule has 0 saturated heterocycles. The highest BCUT2D eigenvalue weighted by Crippen LogP contribution is 2.25. The van der Waals surface area contributed by atoms with Crippen molar-refractivity contribution >= 4 is 27.8 Å². The Kier molecular flexibility index (Phi) is 10.7. The van der Waals surface area contributed by atoms with Crippen molar-refractivity contribution in [3.63, 3.8) is 0 Å². The second-order valence-corrected chi connectivity index (χ2v) is 6.48. The van der Waals surface area contributed by atoms with Gasteiger partial charge in [0, 0.05) is 42.6 Å². The normalized spacial score (nSPS) is 11.4. The standard InChI is InChI=1S/C18H27BrF2N4O2/c1-4-22-18(23-10-9-16(26)25(5-2)6-3)24-12-13-11-14(19)7-8-15(13)27-17(20)21/h7-8,11,17H,4-6,9-10,12H2,1-3H3,(H2,22,23,24). The van der Waals surface area contributed by atoms with Crippen molar-refractivity contribution in [1.82, 2.24) is 15.5 Å². The summed E-state index contributed by atoms with van der Waals surface area (Å²) in [7, 11) is 0. The minimum atomic E-state index is -2.90. The molecule has 6 nitrogen and oxygen atoms in total. The Balaban J connectivity index is 2.73. The maximum absolute atomic E-state index is 12.6. The van der Waals surface area contributed by atoms with Crippen LogP contribution in [-0.2, 0) is 11.3 Å². The van der Waals surface area contributed by atoms with E-state index in [1.807, 2.05) is 20.8 Å². The smallest absolute Gasteiger partial charge is 0.387 e. The topological polar surface area (TPSA) is 66.0 Å². The van der Waals surface area contributed by atoms with Crippen LogP contribution in [-0.4, -0.2) is 49.6 Å². The second-order valence-electron chi connectivity index (χ2n) is 5.57. The van der Waals surface area contributed by atoms with E-state index in [0.29, 0.717) is 44.1 Å². The molecule has 0 fully saturated rings. The summed E-state index contributed by atoms with van der Waals surface area (Å²) in [4.78, 5) is 18.2. The number of hydrogen-bond acceptors (Lipinski definition) is 3. The summed E-state index contributed by atoms with van der Waals surface area (Å²) < 4.78 is 30.4. The van der Waals surface area contributed by atoms with E-state index in [9.17, 15) is 13.6 Å². The molecule has 1 aromatic rings. The fraction of sp³-hybridized carbons (Fsp3) is 0.556. The number of guanidine groups is 1. The van der Waals surface area contributed by atoms with Crippen molar-refractivity contribution in [3.8, 4) is 5.75 Å². The summed E-state index contributed by atoms with van der Waals surface area (Å²) in [5.74, 6) is 0.667. The van der Waals surface area contributed by atoms with Gasteiger partial charge in [0.1, 0.15) is 5.75 Å². The number of aliphatic imine (C=N–C) groups is 1. The molecule has 0 aliphatic heterocycles. The first kappa shape index (κ1) is 23.1. The lowest BCUT2D eigenvalue weighted by molar-refractivity contribution is -0.130. The lowest BCUT2D eigenvalue weighted by Crippen LogP contribution is -2.40. The van der Waals surface area contributed by atoms with Crippen LogP contribution >= 0.6 is 15.9 Å². The van der Waals surface area contributed by atoms with Crippen molar-refractivity contribution in [2.24, 2.45) is 4.99 Å². The molecule has 0 atom stereocenters. The number of rotatable bonds is 10. The Bertz CT molecular complexity index is 625. The highest BCUT2D eigenvalue weighted by atomic mass is 79.9. The van der Waals surface area contributed by atoms with Crippen LogP contribution in [0.4, 0.5) is 8.78 Å². The van der Waals surface area contributed by atoms with Crippen LogP contribution in [0.5, 0.6) is 5.75 Å². The molecule has 1 amide bonds. The molecule has 0 radical (unpaired) electrons. The Morgan fingerprint density at radius 2 is 1.96 bits per heavy atom. The van der Waals surface area contributed by atoms with Gasteiger partial charge in [-0.25, -0.2) is 4.99 Å². The summed E-state index contributed by atoms with van der Waals surface area (Å²) in [5.41, 5.74) is 0.529. The number of ether oxygens (including phenoxy) is 1. The molecule has 2 N–H and O–H groups in total. The Morgan fingerprint density at radius 3 is 2.56 bits per heavy atom. The molecule has 0 bridgehead atoms. The van der Waals surface area contributed by atoms with Gasteiger partial charge in [0.05, 0.1) is 6.54 Å². The number of halogens is 3. The fourth-order valence-corrected chi connectivity index (χ4v) is 2.82. The van der Waals surface area contributed by atoms with E-state index in [-0.39, 0.29) is 18.2 Å². The largest absolute Gasteiger partial charge is 0.434 e. The minimum Gasteiger partial charge on any atom is -0.434 e. The number of carbonyl (C=O) groups excluding carboxylic acids is 1. The molecule has 0 saturated carbocycles. The molecule has 27 heavy (non-hydrogen) atoms. The molecule has 0 unspecified atom stereocenters. The number of amides is 1. The van der Waals surface area contributed by atoms with Gasteiger partial charge in [-0.1, -0.05) is 15.9 Å². The first-order valence-corrected chi connectivity index (χ1v) is 9.73. The molecule has 0 aliphatic carbocycles. The predicted octanol–water partition coefficient (Wildman–Crippen LogP) is 3.36. The van der Waals surface area contributed by atoms with Gasteiger partial charge in [-0.3, -0.25) is 4.79 Å². The predicted molar refractivity (Wildman–Crippen MR) is 106 cm³/mol. The van der Waals surface area contributed by atoms with Gasteiger partial charge >= 0.3 is 6.61 Å². The van der Waals surface area contributed by atoms with Crippen molar-refractivity contribution in [3.05, 3.63) is 28.2 Å². The summed E-state index contributed by atoms with van der Waals surface area (Å²) >= 11 is 3.32. The third-order valence-corrected chi connectivity index (χ3v) is 4.23. The summed E-state index contributed by atoms with van der Waals surface area (Å²) in [6.07, 6.45) is 0.350. The molecule has 0 heterocycles. The molecule has 0 aromatic heterocycles. The van der Waals surface area contributed by atoms with Crippen molar-refractivity contribution in [1.29, 1.82) is 0 Å². The number of nitrogens with one attached hydrogen (secondary N) is 2. The van der Waals surface area contributed by atoms with Gasteiger partial charge in [-0.2, -0.15) is 8.78 Å². The van der Waals surface area contributed by atoms with E-state index in [1.54, 1.807) is 17.0 Å². The molecule has 0 aliphatic rings. The first-order valence-electron chi connectivity index (χ1n) is 8.94. The van der Waals surface area contributed by atoms with Gasteiger partial charge < -0.3 is 20.3 Å². The SMILES string of the molecule is CCNC(=NCc1cc(Br)ccc1OC(F)F)NCCC(=O)N(CC)CC. The third kappa shape index (κ3) is 8.55. The van der Waals surface area contributed by atoms with Gasteiger partial charge in [-0.15, -0.1) is 0 Å². The number of carbonyl (C=O) groups is 1. The van der Waals surface area contributed by atoms with E-state index in [0.717, 1.165) is 4.47 Å². The van der Waals surface area contributed by atoms with Crippen LogP contribution in [0.15, 0.2) is 27.7 Å². The van der Waals surface area contributed by atoms with Crippen molar-refractivity contribution < 1.29 is 18.3 Å². The first-order chi connectivity index (χ1) is 12.9. The third-order valence-electron chi connectivity index (χ3n) is 3.74. The minimum absolute atomic E-state index is 0.0722. The van der Waals surface area contributed by atoms with Gasteiger partial charge in [-0.05, 0) is 39.0 Å². The van der Waals surface area contributed by atoms with Crippen LogP contribution in [0.3, 0.4) is 0 Å². The highest BCUT2D eigenvalue weighted by molar-refractivity contribution is 9.10. The van der Waals surface area contributed by atoms with Crippen LogP contribution in [0.1, 0.15) is 32.8 Å². The Labute approximate surface area is 167 Å². The van der Waals surface area contributed by atoms with Crippen molar-refractivity contribution in [2.75, 3.05) is 26.2 Å². The maximum Gasteiger partial charge on any atom is 0.387 e. The van der Waals surface area contributed by atoms with E-state index < -0.39 is 6.61 Å². The number of alkyl halides is 2. The second kappa shape index (κ2) is 12.5. The number of benzene rings is 1. The highest BCUT2D eigenvalue weighted by Gasteiger charge is 2.11. The van der Waals surface area contributed by atoms with Gasteiger partial charge in [0.2, 0.25) is 5.91 Å². The van der Waals surface area contributed by atoms with Crippen molar-refractivity contribution in [2.45, 2.75) is 40.3 Å². The Morgan fingerprint density at radius 1 is 1.26 bits per heavy atom. The molecule has 152 valence electrons. The number of nitrogens with zero attached hydrogens (tertiary/aromatic N) is 2. The quantitative estimate of drug-likeness (QED) is 0.425. The maximum atomic E-state index is 12.6. The molecule has 0 spiro atoms. The monoisotopic (exact) mass is 448 g/mol. The zero-order valence-electron chi connectivity index (χ0n) is 15.9. The lowest BCUT2D eigenvalue weighted by Gasteiger charge is -2.19. The molecule has 1 aromatic carbocycles. The fourth-order valence-electron chi connectivity index (χ4n) is 2.41. The lowest BCUT2D eigenvalue weighted by atomic mass is 10.2. The summed E-state index contributed by atoms with van der Waals surface area (Å²) in [6, 6.07) is 4.80. The van der Waals surface area contributed by atoms with E-state index in [2.05, 4.69) is 36.3 Å². The molecular weight excluding hydrogens is 422 g/mol. The van der Waals surface area contributed by atoms with Crippen LogP contribution in [0.25, 0.3) is 0 Å². The Hall–Kier alpha value is -1.90. The van der Waals surface area contributed by atoms with Crippen LogP contribution in [0, 0.1) is 0 Å². The van der Waals surface area contributed by atoms with Crippen LogP contribution < -0.4 is 15.4 Å². The molecular formula is C18H27BrF2N4O2. The van der Waals surface area contributed by atoms with E-state index in [1.165, 1.54) is 6.07 Å². The van der Waals surface area contributed by atoms with Gasteiger partial charge in [0.15, 0.2) is 5.96 Å². The zero-order valence-corrected chi connectivity index (χ0v) is 17.5. The number of hydrogen-bond donors (Lipinski definition) is 2. The summed E-state index contributed by atoms with van der Waals surface area (Å²) in [5, 5.41) is 6.16. The van der Waals surface area contributed by atoms with E-state index >= 15 is 0 Å². The average Bonchev–Trinajstić information content (AvgIpc) is 2.62. The summed E-state index contributed by atoms with van der Waals surface area (Å²) in [6.45, 7) is 5.48. The van der Waals surface area contributed by atoms with Gasteiger partial charge in [0.25, 0.3) is 0 Å². The van der Waals surface area contributed by atoms with Crippen LogP contribution in [0.2, 0.25) is 0 Å². The average molecular weight is 449 g/mol. The molecule has 1 rings (SSSR count).